The number of aromatic nitrogens is 1. The van der Waals surface area contributed by atoms with Gasteiger partial charge in [-0.25, -0.2) is 4.98 Å². The van der Waals surface area contributed by atoms with E-state index < -0.39 is 0 Å². The van der Waals surface area contributed by atoms with Gasteiger partial charge in [-0.3, -0.25) is 4.79 Å². The van der Waals surface area contributed by atoms with Gasteiger partial charge in [-0.15, -0.1) is 0 Å². The van der Waals surface area contributed by atoms with Crippen LogP contribution in [0.15, 0.2) is 79.0 Å². The van der Waals surface area contributed by atoms with Crippen LogP contribution < -0.4 is 10.2 Å². The summed E-state index contributed by atoms with van der Waals surface area (Å²) in [7, 11) is 0. The van der Waals surface area contributed by atoms with Crippen LogP contribution in [0.1, 0.15) is 40.4 Å². The topological polar surface area (TPSA) is 48.5 Å². The highest BCUT2D eigenvalue weighted by molar-refractivity contribution is 5.99. The van der Waals surface area contributed by atoms with Crippen molar-refractivity contribution < 1.29 is 4.79 Å². The molecule has 33 heavy (non-hydrogen) atoms. The molecule has 2 fully saturated rings. The lowest BCUT2D eigenvalue weighted by atomic mass is 9.90. The Morgan fingerprint density at radius 1 is 0.909 bits per heavy atom. The number of pyridine rings is 1. The van der Waals surface area contributed by atoms with E-state index >= 15 is 0 Å². The van der Waals surface area contributed by atoms with Crippen LogP contribution in [0.5, 0.6) is 0 Å². The number of rotatable bonds is 5. The van der Waals surface area contributed by atoms with E-state index in [9.17, 15) is 4.79 Å². The lowest BCUT2D eigenvalue weighted by Gasteiger charge is -2.37. The summed E-state index contributed by atoms with van der Waals surface area (Å²) in [5.74, 6) is 1.58. The summed E-state index contributed by atoms with van der Waals surface area (Å²) in [6.45, 7) is 4.16. The Kier molecular flexibility index (Phi) is 6.68. The third-order valence-electron chi connectivity index (χ3n) is 6.96. The Bertz CT molecular complexity index is 1050. The number of hydrogen-bond acceptors (Lipinski definition) is 4. The molecular weight excluding hydrogens is 408 g/mol. The van der Waals surface area contributed by atoms with E-state index in [1.165, 1.54) is 11.1 Å². The number of piperazine rings is 1. The largest absolute Gasteiger partial charge is 0.353 e. The second-order valence-electron chi connectivity index (χ2n) is 9.16. The van der Waals surface area contributed by atoms with Crippen molar-refractivity contribution in [2.45, 2.75) is 25.3 Å². The third kappa shape index (κ3) is 5.09. The lowest BCUT2D eigenvalue weighted by Crippen LogP contribution is -2.47. The van der Waals surface area contributed by atoms with Crippen molar-refractivity contribution >= 4 is 11.7 Å². The quantitative estimate of drug-likeness (QED) is 0.642. The fraction of sp³-hybridized carbons (Fsp3) is 0.357. The number of piperidine rings is 1. The Morgan fingerprint density at radius 3 is 2.39 bits per heavy atom. The first-order chi connectivity index (χ1) is 16.3. The molecular formula is C28H32N4O. The minimum absolute atomic E-state index is 0.117. The second-order valence-corrected chi connectivity index (χ2v) is 9.16. The number of hydrogen-bond donors (Lipinski definition) is 1. The number of carbonyl (C=O) groups excluding carboxylic acids is 1. The maximum Gasteiger partial charge on any atom is 0.257 e. The Hall–Kier alpha value is -3.18. The van der Waals surface area contributed by atoms with Crippen LogP contribution in [0.3, 0.4) is 0 Å². The summed E-state index contributed by atoms with van der Waals surface area (Å²) in [6.07, 6.45) is 5.01. The zero-order chi connectivity index (χ0) is 22.5. The molecule has 2 aliphatic heterocycles. The zero-order valence-electron chi connectivity index (χ0n) is 19.1. The van der Waals surface area contributed by atoms with Crippen LogP contribution in [0.2, 0.25) is 0 Å². The maximum atomic E-state index is 13.5. The molecule has 5 rings (SSSR count). The predicted octanol–water partition coefficient (Wildman–Crippen LogP) is 4.33. The molecule has 0 spiro atoms. The van der Waals surface area contributed by atoms with Crippen molar-refractivity contribution in [3.05, 3.63) is 95.7 Å². The van der Waals surface area contributed by atoms with Crippen molar-refractivity contribution in [3.63, 3.8) is 0 Å². The first-order valence-electron chi connectivity index (χ1n) is 12.1. The van der Waals surface area contributed by atoms with E-state index in [0.717, 1.165) is 63.4 Å². The number of likely N-dealkylation sites (tertiary alicyclic amines) is 1. The van der Waals surface area contributed by atoms with Gasteiger partial charge in [0.15, 0.2) is 0 Å². The molecule has 0 radical (unpaired) electrons. The molecule has 3 heterocycles. The van der Waals surface area contributed by atoms with E-state index in [0.29, 0.717) is 5.92 Å². The third-order valence-corrected chi connectivity index (χ3v) is 6.96. The Labute approximate surface area is 196 Å². The van der Waals surface area contributed by atoms with Crippen LogP contribution in [-0.2, 0) is 6.42 Å². The first kappa shape index (κ1) is 21.7. The SMILES string of the molecule is O=C(c1cccnc1N1CCN[C@H](c2ccccc2)C1)N1CCC(Cc2ccccc2)CC1. The van der Waals surface area contributed by atoms with Crippen molar-refractivity contribution in [1.82, 2.24) is 15.2 Å². The van der Waals surface area contributed by atoms with Gasteiger partial charge in [0.1, 0.15) is 5.82 Å². The number of amides is 1. The molecule has 0 saturated carbocycles. The summed E-state index contributed by atoms with van der Waals surface area (Å²) in [5, 5.41) is 3.61. The van der Waals surface area contributed by atoms with E-state index in [1.807, 2.05) is 23.1 Å². The van der Waals surface area contributed by atoms with Gasteiger partial charge in [0.25, 0.3) is 5.91 Å². The summed E-state index contributed by atoms with van der Waals surface area (Å²) in [4.78, 5) is 22.5. The minimum atomic E-state index is 0.117. The number of anilines is 1. The van der Waals surface area contributed by atoms with E-state index in [2.05, 4.69) is 69.8 Å². The van der Waals surface area contributed by atoms with E-state index in [1.54, 1.807) is 6.20 Å². The Balaban J connectivity index is 1.25. The van der Waals surface area contributed by atoms with E-state index in [4.69, 9.17) is 0 Å². The van der Waals surface area contributed by atoms with Crippen molar-refractivity contribution in [2.24, 2.45) is 5.92 Å². The standard InChI is InChI=1S/C28H32N4O/c33-28(31-17-13-23(14-18-31)20-22-8-3-1-4-9-22)25-12-7-15-30-27(25)32-19-16-29-26(21-32)24-10-5-2-6-11-24/h1-12,15,23,26,29H,13-14,16-21H2/t26-/m0/s1. The summed E-state index contributed by atoms with van der Waals surface area (Å²) >= 11 is 0. The Morgan fingerprint density at radius 2 is 1.64 bits per heavy atom. The molecule has 5 heteroatoms. The average Bonchev–Trinajstić information content (AvgIpc) is 2.90. The van der Waals surface area contributed by atoms with Crippen molar-refractivity contribution in [1.29, 1.82) is 0 Å². The van der Waals surface area contributed by atoms with Crippen molar-refractivity contribution in [2.75, 3.05) is 37.6 Å². The second kappa shape index (κ2) is 10.2. The van der Waals surface area contributed by atoms with Crippen LogP contribution in [0.4, 0.5) is 5.82 Å². The molecule has 2 saturated heterocycles. The van der Waals surface area contributed by atoms with Gasteiger partial charge in [0.2, 0.25) is 0 Å². The summed E-state index contributed by atoms with van der Waals surface area (Å²) in [5.41, 5.74) is 3.39. The average molecular weight is 441 g/mol. The fourth-order valence-corrected chi connectivity index (χ4v) is 5.12. The molecule has 1 amide bonds. The lowest BCUT2D eigenvalue weighted by molar-refractivity contribution is 0.0690. The molecule has 0 aliphatic carbocycles. The highest BCUT2D eigenvalue weighted by atomic mass is 16.2. The molecule has 2 aliphatic rings. The normalized spacial score (nSPS) is 19.5. The van der Waals surface area contributed by atoms with Gasteiger partial charge in [-0.2, -0.15) is 0 Å². The van der Waals surface area contributed by atoms with Crippen LogP contribution >= 0.6 is 0 Å². The zero-order valence-corrected chi connectivity index (χ0v) is 19.1. The first-order valence-corrected chi connectivity index (χ1v) is 12.1. The number of nitrogens with zero attached hydrogens (tertiary/aromatic N) is 3. The molecule has 1 atom stereocenters. The number of nitrogens with one attached hydrogen (secondary N) is 1. The summed E-state index contributed by atoms with van der Waals surface area (Å²) in [6, 6.07) is 25.3. The molecule has 170 valence electrons. The van der Waals surface area contributed by atoms with Gasteiger partial charge in [0, 0.05) is 45.0 Å². The van der Waals surface area contributed by atoms with Gasteiger partial charge < -0.3 is 15.1 Å². The van der Waals surface area contributed by atoms with Crippen LogP contribution in [0.25, 0.3) is 0 Å². The molecule has 0 unspecified atom stereocenters. The summed E-state index contributed by atoms with van der Waals surface area (Å²) < 4.78 is 0. The molecule has 0 bridgehead atoms. The van der Waals surface area contributed by atoms with Gasteiger partial charge in [-0.1, -0.05) is 60.7 Å². The smallest absolute Gasteiger partial charge is 0.257 e. The van der Waals surface area contributed by atoms with E-state index in [-0.39, 0.29) is 11.9 Å². The van der Waals surface area contributed by atoms with Crippen molar-refractivity contribution in [3.8, 4) is 0 Å². The highest BCUT2D eigenvalue weighted by Crippen LogP contribution is 2.27. The molecule has 5 nitrogen and oxygen atoms in total. The van der Waals surface area contributed by atoms with Gasteiger partial charge in [-0.05, 0) is 48.4 Å². The molecule has 3 aromatic rings. The fourth-order valence-electron chi connectivity index (χ4n) is 5.12. The molecule has 1 N–H and O–H groups in total. The predicted molar refractivity (Wildman–Crippen MR) is 132 cm³/mol. The minimum Gasteiger partial charge on any atom is -0.353 e. The van der Waals surface area contributed by atoms with Gasteiger partial charge in [0.05, 0.1) is 5.56 Å². The van der Waals surface area contributed by atoms with Crippen LogP contribution in [0, 0.1) is 5.92 Å². The van der Waals surface area contributed by atoms with Crippen LogP contribution in [-0.4, -0.2) is 48.5 Å². The molecule has 1 aromatic heterocycles. The molecule has 2 aromatic carbocycles. The van der Waals surface area contributed by atoms with Gasteiger partial charge >= 0.3 is 0 Å². The number of carbonyl (C=O) groups is 1. The monoisotopic (exact) mass is 440 g/mol. The number of benzene rings is 2. The highest BCUT2D eigenvalue weighted by Gasteiger charge is 2.29. The maximum absolute atomic E-state index is 13.5.